The number of benzene rings is 1. The van der Waals surface area contributed by atoms with E-state index in [4.69, 9.17) is 21.1 Å². The zero-order valence-corrected chi connectivity index (χ0v) is 16.5. The fourth-order valence-electron chi connectivity index (χ4n) is 4.49. The lowest BCUT2D eigenvalue weighted by atomic mass is 9.68. The van der Waals surface area contributed by atoms with Crippen molar-refractivity contribution in [3.8, 4) is 5.75 Å². The average molecular weight is 411 g/mol. The van der Waals surface area contributed by atoms with Crippen LogP contribution in [-0.4, -0.2) is 48.2 Å². The number of cyclic esters (lactones) is 1. The summed E-state index contributed by atoms with van der Waals surface area (Å²) in [6, 6.07) is 4.40. The number of amides is 2. The smallest absolute Gasteiger partial charge is 0.407 e. The first-order valence-corrected chi connectivity index (χ1v) is 10.1. The fourth-order valence-corrected chi connectivity index (χ4v) is 4.64. The van der Waals surface area contributed by atoms with E-state index in [1.54, 1.807) is 12.1 Å². The number of carbonyl (C=O) groups is 2. The Balaban J connectivity index is 1.25. The molecule has 3 fully saturated rings. The zero-order chi connectivity index (χ0) is 19.9. The highest BCUT2D eigenvalue weighted by atomic mass is 35.5. The van der Waals surface area contributed by atoms with Crippen LogP contribution in [0.3, 0.4) is 0 Å². The maximum absolute atomic E-state index is 13.9. The second-order valence-electron chi connectivity index (χ2n) is 8.15. The summed E-state index contributed by atoms with van der Waals surface area (Å²) in [5.74, 6) is 0.108. The van der Waals surface area contributed by atoms with Gasteiger partial charge >= 0.3 is 6.09 Å². The van der Waals surface area contributed by atoms with E-state index in [2.05, 4.69) is 5.32 Å². The maximum Gasteiger partial charge on any atom is 0.407 e. The molecule has 1 aromatic rings. The molecule has 1 N–H and O–H groups in total. The molecule has 8 heteroatoms. The molecule has 6 nitrogen and oxygen atoms in total. The lowest BCUT2D eigenvalue weighted by molar-refractivity contribution is -0.143. The molecule has 3 aliphatic rings. The van der Waals surface area contributed by atoms with E-state index in [9.17, 15) is 14.0 Å². The van der Waals surface area contributed by atoms with Crippen molar-refractivity contribution in [2.75, 3.05) is 19.7 Å². The number of ether oxygens (including phenoxy) is 2. The van der Waals surface area contributed by atoms with Gasteiger partial charge in [-0.1, -0.05) is 11.6 Å². The zero-order valence-electron chi connectivity index (χ0n) is 15.7. The number of hydrogen-bond donors (Lipinski definition) is 1. The third-order valence-corrected chi connectivity index (χ3v) is 6.43. The van der Waals surface area contributed by atoms with Crippen molar-refractivity contribution in [1.29, 1.82) is 0 Å². The summed E-state index contributed by atoms with van der Waals surface area (Å²) < 4.78 is 24.7. The Hall–Kier alpha value is -2.02. The fraction of sp³-hybridized carbons (Fsp3) is 0.600. The van der Waals surface area contributed by atoms with Crippen molar-refractivity contribution in [1.82, 2.24) is 10.2 Å². The molecule has 28 heavy (non-hydrogen) atoms. The van der Waals surface area contributed by atoms with Crippen molar-refractivity contribution >= 4 is 23.6 Å². The minimum absolute atomic E-state index is 0.0459. The first-order chi connectivity index (χ1) is 13.3. The Morgan fingerprint density at radius 1 is 1.39 bits per heavy atom. The quantitative estimate of drug-likeness (QED) is 0.826. The largest absolute Gasteiger partial charge is 0.487 e. The van der Waals surface area contributed by atoms with Gasteiger partial charge < -0.3 is 19.7 Å². The van der Waals surface area contributed by atoms with Gasteiger partial charge in [-0.25, -0.2) is 9.18 Å². The number of likely N-dealkylation sites (tertiary alicyclic amines) is 1. The molecule has 0 aromatic heterocycles. The van der Waals surface area contributed by atoms with Gasteiger partial charge in [0.2, 0.25) is 5.91 Å². The summed E-state index contributed by atoms with van der Waals surface area (Å²) >= 11 is 5.78. The molecule has 1 unspecified atom stereocenters. The highest BCUT2D eigenvalue weighted by Crippen LogP contribution is 2.42. The van der Waals surface area contributed by atoms with Gasteiger partial charge in [0.05, 0.1) is 11.6 Å². The van der Waals surface area contributed by atoms with E-state index < -0.39 is 11.9 Å². The highest BCUT2D eigenvalue weighted by molar-refractivity contribution is 6.30. The topological polar surface area (TPSA) is 67.9 Å². The molecule has 4 rings (SSSR count). The van der Waals surface area contributed by atoms with Crippen LogP contribution >= 0.6 is 11.6 Å². The van der Waals surface area contributed by atoms with Crippen LogP contribution in [0.5, 0.6) is 5.75 Å². The van der Waals surface area contributed by atoms with E-state index >= 15 is 0 Å². The van der Waals surface area contributed by atoms with E-state index in [1.807, 2.05) is 11.8 Å². The molecule has 0 bridgehead atoms. The molecule has 0 radical (unpaired) electrons. The van der Waals surface area contributed by atoms with E-state index in [0.29, 0.717) is 37.6 Å². The molecule has 2 saturated heterocycles. The predicted molar refractivity (Wildman–Crippen MR) is 101 cm³/mol. The Labute approximate surface area is 168 Å². The van der Waals surface area contributed by atoms with Crippen molar-refractivity contribution in [2.45, 2.75) is 44.2 Å². The van der Waals surface area contributed by atoms with Crippen LogP contribution in [-0.2, 0) is 9.53 Å². The number of carbonyl (C=O) groups excluding carboxylic acids is 2. The first-order valence-electron chi connectivity index (χ1n) is 9.71. The lowest BCUT2D eigenvalue weighted by Gasteiger charge is -2.45. The summed E-state index contributed by atoms with van der Waals surface area (Å²) in [4.78, 5) is 25.9. The third-order valence-electron chi connectivity index (χ3n) is 6.19. The molecule has 152 valence electrons. The van der Waals surface area contributed by atoms with Crippen LogP contribution in [0, 0.1) is 17.7 Å². The van der Waals surface area contributed by atoms with Gasteiger partial charge in [-0.3, -0.25) is 4.79 Å². The lowest BCUT2D eigenvalue weighted by Crippen LogP contribution is -2.58. The standard InChI is InChI=1S/C20H24ClFN2O4/c1-12(28-17-3-2-15(21)8-16(17)22)13-4-6-24(7-5-13)18(25)14-9-20(10-14)11-27-19(26)23-20/h2-3,8,12-14H,4-7,9-11H2,1H3,(H,23,26)/t12?,14-,20-. The minimum atomic E-state index is -0.464. The molecular formula is C20H24ClFN2O4. The summed E-state index contributed by atoms with van der Waals surface area (Å²) in [5.41, 5.74) is -0.333. The normalized spacial score (nSPS) is 28.5. The van der Waals surface area contributed by atoms with Gasteiger partial charge in [0.25, 0.3) is 0 Å². The molecule has 2 aliphatic heterocycles. The summed E-state index contributed by atoms with van der Waals surface area (Å²) in [6.07, 6.45) is 2.39. The van der Waals surface area contributed by atoms with Gasteiger partial charge in [-0.2, -0.15) is 0 Å². The van der Waals surface area contributed by atoms with Crippen molar-refractivity contribution < 1.29 is 23.5 Å². The van der Waals surface area contributed by atoms with E-state index in [-0.39, 0.29) is 35.1 Å². The van der Waals surface area contributed by atoms with Crippen LogP contribution in [0.4, 0.5) is 9.18 Å². The van der Waals surface area contributed by atoms with Crippen LogP contribution in [0.2, 0.25) is 5.02 Å². The van der Waals surface area contributed by atoms with Crippen molar-refractivity contribution in [2.24, 2.45) is 11.8 Å². The first kappa shape index (κ1) is 19.3. The number of halogens is 2. The highest BCUT2D eigenvalue weighted by Gasteiger charge is 2.53. The van der Waals surface area contributed by atoms with Crippen LogP contribution in [0.25, 0.3) is 0 Å². The molecule has 1 atom stereocenters. The number of rotatable bonds is 4. The molecule has 1 aromatic carbocycles. The van der Waals surface area contributed by atoms with Gasteiger partial charge in [-0.05, 0) is 56.7 Å². The van der Waals surface area contributed by atoms with Crippen LogP contribution < -0.4 is 10.1 Å². The van der Waals surface area contributed by atoms with E-state index in [0.717, 1.165) is 12.8 Å². The number of piperidine rings is 1. The van der Waals surface area contributed by atoms with Crippen molar-refractivity contribution in [3.63, 3.8) is 0 Å². The van der Waals surface area contributed by atoms with Gasteiger partial charge in [0.15, 0.2) is 11.6 Å². The molecule has 1 aliphatic carbocycles. The minimum Gasteiger partial charge on any atom is -0.487 e. The van der Waals surface area contributed by atoms with Crippen molar-refractivity contribution in [3.05, 3.63) is 29.0 Å². The van der Waals surface area contributed by atoms with E-state index in [1.165, 1.54) is 6.07 Å². The SMILES string of the molecule is CC(Oc1ccc(Cl)cc1F)C1CCN(C(=O)[C@H]2C[C@@]3(COC(=O)N3)C2)CC1. The number of alkyl carbamates (subject to hydrolysis) is 1. The van der Waals surface area contributed by atoms with Crippen LogP contribution in [0.15, 0.2) is 18.2 Å². The average Bonchev–Trinajstić information content (AvgIpc) is 3.04. The molecule has 1 saturated carbocycles. The summed E-state index contributed by atoms with van der Waals surface area (Å²) in [7, 11) is 0. The Kier molecular flexibility index (Phi) is 5.12. The maximum atomic E-state index is 13.9. The monoisotopic (exact) mass is 410 g/mol. The number of nitrogens with zero attached hydrogens (tertiary/aromatic N) is 1. The predicted octanol–water partition coefficient (Wildman–Crippen LogP) is 3.37. The van der Waals surface area contributed by atoms with Crippen LogP contribution in [0.1, 0.15) is 32.6 Å². The summed E-state index contributed by atoms with van der Waals surface area (Å²) in [6.45, 7) is 3.64. The van der Waals surface area contributed by atoms with Gasteiger partial charge in [0, 0.05) is 24.0 Å². The second-order valence-corrected chi connectivity index (χ2v) is 8.58. The molecule has 1 spiro atoms. The number of nitrogens with one attached hydrogen (secondary N) is 1. The second kappa shape index (κ2) is 7.43. The van der Waals surface area contributed by atoms with Gasteiger partial charge in [0.1, 0.15) is 6.61 Å². The number of hydrogen-bond acceptors (Lipinski definition) is 4. The summed E-state index contributed by atoms with van der Waals surface area (Å²) in [5, 5.41) is 3.16. The van der Waals surface area contributed by atoms with Gasteiger partial charge in [-0.15, -0.1) is 0 Å². The molecule has 2 heterocycles. The Morgan fingerprint density at radius 2 is 2.11 bits per heavy atom. The third kappa shape index (κ3) is 3.77. The molecular weight excluding hydrogens is 387 g/mol. The Bertz CT molecular complexity index is 775. The molecule has 2 amide bonds. The Morgan fingerprint density at radius 3 is 2.71 bits per heavy atom.